The number of halogens is 1. The summed E-state index contributed by atoms with van der Waals surface area (Å²) >= 11 is 1.91. The predicted molar refractivity (Wildman–Crippen MR) is 83.4 cm³/mol. The Hall–Kier alpha value is -0.950. The lowest BCUT2D eigenvalue weighted by atomic mass is 10.1. The summed E-state index contributed by atoms with van der Waals surface area (Å²) in [7, 11) is -3.48. The van der Waals surface area contributed by atoms with Gasteiger partial charge in [-0.3, -0.25) is 4.72 Å². The van der Waals surface area contributed by atoms with Gasteiger partial charge >= 0.3 is 0 Å². The highest BCUT2D eigenvalue weighted by Crippen LogP contribution is 2.29. The molecule has 112 valence electrons. The topological polar surface area (TPSA) is 58.2 Å². The van der Waals surface area contributed by atoms with Gasteiger partial charge in [-0.05, 0) is 36.8 Å². The molecular formula is C13H19FN2O2S2. The van der Waals surface area contributed by atoms with Crippen LogP contribution in [0.4, 0.5) is 15.8 Å². The summed E-state index contributed by atoms with van der Waals surface area (Å²) in [6.45, 7) is 2.17. The molecule has 2 rings (SSSR count). The third-order valence-corrected chi connectivity index (χ3v) is 5.19. The lowest BCUT2D eigenvalue weighted by Crippen LogP contribution is -2.32. The minimum Gasteiger partial charge on any atom is -0.381 e. The van der Waals surface area contributed by atoms with E-state index < -0.39 is 15.8 Å². The predicted octanol–water partition coefficient (Wildman–Crippen LogP) is 2.89. The first-order valence-electron chi connectivity index (χ1n) is 6.50. The fourth-order valence-corrected chi connectivity index (χ4v) is 3.92. The molecule has 1 heterocycles. The van der Waals surface area contributed by atoms with Crippen LogP contribution in [0.25, 0.3) is 0 Å². The highest BCUT2D eigenvalue weighted by molar-refractivity contribution is 8.00. The molecule has 2 unspecified atom stereocenters. The molecule has 0 amide bonds. The second-order valence-corrected chi connectivity index (χ2v) is 8.27. The van der Waals surface area contributed by atoms with Gasteiger partial charge in [0.1, 0.15) is 5.82 Å². The van der Waals surface area contributed by atoms with Gasteiger partial charge in [-0.2, -0.15) is 11.8 Å². The van der Waals surface area contributed by atoms with Crippen LogP contribution in [-0.4, -0.2) is 31.7 Å². The molecule has 7 heteroatoms. The van der Waals surface area contributed by atoms with E-state index in [2.05, 4.69) is 17.0 Å². The molecule has 2 N–H and O–H groups in total. The van der Waals surface area contributed by atoms with E-state index in [-0.39, 0.29) is 5.69 Å². The summed E-state index contributed by atoms with van der Waals surface area (Å²) in [4.78, 5) is 0. The monoisotopic (exact) mass is 318 g/mol. The van der Waals surface area contributed by atoms with Gasteiger partial charge in [-0.25, -0.2) is 12.8 Å². The van der Waals surface area contributed by atoms with E-state index in [9.17, 15) is 12.8 Å². The molecule has 0 aromatic heterocycles. The molecule has 0 spiro atoms. The van der Waals surface area contributed by atoms with Crippen LogP contribution in [0, 0.1) is 5.82 Å². The van der Waals surface area contributed by atoms with Crippen molar-refractivity contribution in [3.8, 4) is 0 Å². The van der Waals surface area contributed by atoms with Crippen molar-refractivity contribution in [1.82, 2.24) is 0 Å². The molecular weight excluding hydrogens is 299 g/mol. The lowest BCUT2D eigenvalue weighted by molar-refractivity contribution is 0.603. The number of thioether (sulfide) groups is 1. The Morgan fingerprint density at radius 3 is 2.80 bits per heavy atom. The Bertz CT molecular complexity index is 578. The largest absolute Gasteiger partial charge is 0.381 e. The van der Waals surface area contributed by atoms with Crippen LogP contribution in [0.3, 0.4) is 0 Å². The summed E-state index contributed by atoms with van der Waals surface area (Å²) < 4.78 is 38.2. The molecule has 4 nitrogen and oxygen atoms in total. The van der Waals surface area contributed by atoms with Crippen molar-refractivity contribution in [2.75, 3.05) is 22.0 Å². The Morgan fingerprint density at radius 2 is 2.15 bits per heavy atom. The van der Waals surface area contributed by atoms with Gasteiger partial charge in [0.2, 0.25) is 10.0 Å². The zero-order valence-corrected chi connectivity index (χ0v) is 13.2. The molecule has 0 bridgehead atoms. The maximum Gasteiger partial charge on any atom is 0.229 e. The number of hydrogen-bond donors (Lipinski definition) is 2. The zero-order chi connectivity index (χ0) is 14.8. The van der Waals surface area contributed by atoms with Crippen molar-refractivity contribution < 1.29 is 12.8 Å². The van der Waals surface area contributed by atoms with Gasteiger partial charge in [0, 0.05) is 17.0 Å². The number of sulfonamides is 1. The first-order valence-corrected chi connectivity index (χ1v) is 9.44. The van der Waals surface area contributed by atoms with E-state index in [1.165, 1.54) is 17.9 Å². The number of nitrogens with one attached hydrogen (secondary N) is 2. The second-order valence-electron chi connectivity index (χ2n) is 5.04. The normalized spacial score (nSPS) is 23.4. The van der Waals surface area contributed by atoms with Crippen molar-refractivity contribution in [2.45, 2.75) is 31.1 Å². The molecule has 0 aliphatic carbocycles. The molecule has 0 radical (unpaired) electrons. The van der Waals surface area contributed by atoms with E-state index in [1.807, 2.05) is 11.8 Å². The van der Waals surface area contributed by atoms with Gasteiger partial charge in [-0.1, -0.05) is 6.92 Å². The van der Waals surface area contributed by atoms with E-state index in [0.717, 1.165) is 24.8 Å². The first kappa shape index (κ1) is 15.4. The van der Waals surface area contributed by atoms with Gasteiger partial charge < -0.3 is 5.32 Å². The lowest BCUT2D eigenvalue weighted by Gasteiger charge is -2.30. The van der Waals surface area contributed by atoms with Gasteiger partial charge in [-0.15, -0.1) is 0 Å². The summed E-state index contributed by atoms with van der Waals surface area (Å²) in [5.41, 5.74) is 0.713. The molecule has 20 heavy (non-hydrogen) atoms. The highest BCUT2D eigenvalue weighted by atomic mass is 32.2. The third kappa shape index (κ3) is 4.28. The van der Waals surface area contributed by atoms with Crippen molar-refractivity contribution in [3.63, 3.8) is 0 Å². The van der Waals surface area contributed by atoms with Crippen LogP contribution in [0.15, 0.2) is 18.2 Å². The smallest absolute Gasteiger partial charge is 0.229 e. The number of rotatable bonds is 4. The fraction of sp³-hybridized carbons (Fsp3) is 0.538. The maximum absolute atomic E-state index is 13.6. The quantitative estimate of drug-likeness (QED) is 0.896. The Kier molecular flexibility index (Phi) is 4.80. The fourth-order valence-electron chi connectivity index (χ4n) is 2.22. The maximum atomic E-state index is 13.6. The van der Waals surface area contributed by atoms with Crippen LogP contribution in [-0.2, 0) is 10.0 Å². The molecule has 1 saturated heterocycles. The Morgan fingerprint density at radius 1 is 1.40 bits per heavy atom. The average molecular weight is 318 g/mol. The summed E-state index contributed by atoms with van der Waals surface area (Å²) in [5, 5.41) is 3.85. The van der Waals surface area contributed by atoms with Gasteiger partial charge in [0.15, 0.2) is 0 Å². The third-order valence-electron chi connectivity index (χ3n) is 3.22. The standard InChI is InChI=1S/C13H19FN2O2S2/c1-9-12(4-3-7-19-9)15-10-5-6-11(14)13(8-10)16-20(2,17)18/h5-6,8-9,12,15-16H,3-4,7H2,1-2H3. The highest BCUT2D eigenvalue weighted by Gasteiger charge is 2.21. The summed E-state index contributed by atoms with van der Waals surface area (Å²) in [5.74, 6) is 0.593. The zero-order valence-electron chi connectivity index (χ0n) is 11.5. The molecule has 1 aliphatic rings. The molecule has 1 fully saturated rings. The molecule has 1 aromatic rings. The van der Waals surface area contributed by atoms with Crippen LogP contribution in [0.1, 0.15) is 19.8 Å². The van der Waals surface area contributed by atoms with E-state index >= 15 is 0 Å². The average Bonchev–Trinajstić information content (AvgIpc) is 2.34. The molecule has 0 saturated carbocycles. The van der Waals surface area contributed by atoms with Crippen molar-refractivity contribution in [2.24, 2.45) is 0 Å². The SMILES string of the molecule is CC1SCCCC1Nc1ccc(F)c(NS(C)(=O)=O)c1. The minimum atomic E-state index is -3.48. The van der Waals surface area contributed by atoms with Crippen LogP contribution < -0.4 is 10.0 Å². The second kappa shape index (κ2) is 6.22. The van der Waals surface area contributed by atoms with E-state index in [0.29, 0.717) is 11.3 Å². The molecule has 1 aliphatic heterocycles. The van der Waals surface area contributed by atoms with Crippen LogP contribution in [0.5, 0.6) is 0 Å². The number of hydrogen-bond acceptors (Lipinski definition) is 4. The van der Waals surface area contributed by atoms with Crippen molar-refractivity contribution in [1.29, 1.82) is 0 Å². The van der Waals surface area contributed by atoms with E-state index in [4.69, 9.17) is 0 Å². The number of anilines is 2. The summed E-state index contributed by atoms with van der Waals surface area (Å²) in [6.07, 6.45) is 3.23. The van der Waals surface area contributed by atoms with E-state index in [1.54, 1.807) is 6.07 Å². The van der Waals surface area contributed by atoms with Gasteiger partial charge in [0.05, 0.1) is 11.9 Å². The molecule has 1 aromatic carbocycles. The van der Waals surface area contributed by atoms with Crippen molar-refractivity contribution in [3.05, 3.63) is 24.0 Å². The van der Waals surface area contributed by atoms with Crippen LogP contribution >= 0.6 is 11.8 Å². The van der Waals surface area contributed by atoms with Crippen molar-refractivity contribution >= 4 is 33.2 Å². The Balaban J connectivity index is 2.14. The Labute approximate surface area is 123 Å². The molecule has 2 atom stereocenters. The van der Waals surface area contributed by atoms with Gasteiger partial charge in [0.25, 0.3) is 0 Å². The minimum absolute atomic E-state index is 0.0198. The summed E-state index contributed by atoms with van der Waals surface area (Å²) in [6, 6.07) is 4.73. The number of benzene rings is 1. The first-order chi connectivity index (χ1) is 9.35. The van der Waals surface area contributed by atoms with Crippen LogP contribution in [0.2, 0.25) is 0 Å².